The highest BCUT2D eigenvalue weighted by molar-refractivity contribution is 6.30. The second kappa shape index (κ2) is 4.40. The summed E-state index contributed by atoms with van der Waals surface area (Å²) in [6.45, 7) is 2.36. The summed E-state index contributed by atoms with van der Waals surface area (Å²) in [5, 5.41) is 4.73. The van der Waals surface area contributed by atoms with Crippen LogP contribution in [0.25, 0.3) is 5.69 Å². The van der Waals surface area contributed by atoms with Gasteiger partial charge in [0, 0.05) is 5.02 Å². The molecule has 2 N–H and O–H groups in total. The van der Waals surface area contributed by atoms with Crippen LogP contribution in [0.5, 0.6) is 6.01 Å². The molecule has 2 aromatic rings. The molecule has 0 saturated carbocycles. The first-order chi connectivity index (χ1) is 7.70. The van der Waals surface area contributed by atoms with E-state index in [2.05, 4.69) is 10.1 Å². The molecule has 0 unspecified atom stereocenters. The fourth-order valence-electron chi connectivity index (χ4n) is 1.29. The van der Waals surface area contributed by atoms with Gasteiger partial charge in [0.25, 0.3) is 0 Å². The molecule has 0 fully saturated rings. The van der Waals surface area contributed by atoms with Crippen molar-refractivity contribution < 1.29 is 4.74 Å². The van der Waals surface area contributed by atoms with Crippen molar-refractivity contribution in [1.29, 1.82) is 0 Å². The smallest absolute Gasteiger partial charge is 0.337 e. The number of benzene rings is 1. The minimum Gasteiger partial charge on any atom is -0.463 e. The van der Waals surface area contributed by atoms with Gasteiger partial charge in [-0.05, 0) is 25.1 Å². The van der Waals surface area contributed by atoms with Crippen molar-refractivity contribution in [2.45, 2.75) is 6.92 Å². The van der Waals surface area contributed by atoms with Crippen LogP contribution < -0.4 is 10.5 Å². The lowest BCUT2D eigenvalue weighted by Gasteiger charge is -2.01. The number of hydrogen-bond donors (Lipinski definition) is 1. The van der Waals surface area contributed by atoms with E-state index < -0.39 is 0 Å². The molecule has 0 aliphatic carbocycles. The maximum Gasteiger partial charge on any atom is 0.337 e. The molecular formula is C10H11ClN4O. The van der Waals surface area contributed by atoms with Gasteiger partial charge in [-0.1, -0.05) is 17.7 Å². The molecule has 2 rings (SSSR count). The van der Waals surface area contributed by atoms with E-state index in [9.17, 15) is 0 Å². The quantitative estimate of drug-likeness (QED) is 0.887. The Labute approximate surface area is 97.8 Å². The van der Waals surface area contributed by atoms with E-state index in [0.29, 0.717) is 11.6 Å². The maximum atomic E-state index is 5.88. The Morgan fingerprint density at radius 3 is 3.00 bits per heavy atom. The molecule has 0 amide bonds. The average Bonchev–Trinajstić information content (AvgIpc) is 2.60. The van der Waals surface area contributed by atoms with E-state index in [-0.39, 0.29) is 12.0 Å². The zero-order chi connectivity index (χ0) is 11.5. The topological polar surface area (TPSA) is 66.0 Å². The van der Waals surface area contributed by atoms with E-state index in [4.69, 9.17) is 22.1 Å². The monoisotopic (exact) mass is 238 g/mol. The molecule has 6 heteroatoms. The third-order valence-corrected chi connectivity index (χ3v) is 2.17. The van der Waals surface area contributed by atoms with Gasteiger partial charge in [0.1, 0.15) is 0 Å². The number of nitrogens with zero attached hydrogens (tertiary/aromatic N) is 3. The Morgan fingerprint density at radius 1 is 1.50 bits per heavy atom. The molecular weight excluding hydrogens is 228 g/mol. The van der Waals surface area contributed by atoms with E-state index in [1.807, 2.05) is 19.1 Å². The van der Waals surface area contributed by atoms with E-state index in [1.54, 1.807) is 12.1 Å². The predicted molar refractivity (Wildman–Crippen MR) is 62.0 cm³/mol. The molecule has 0 aliphatic heterocycles. The Balaban J connectivity index is 2.40. The number of nitrogens with two attached hydrogens (primary N) is 1. The fourth-order valence-corrected chi connectivity index (χ4v) is 1.48. The van der Waals surface area contributed by atoms with Crippen LogP contribution in [0.1, 0.15) is 6.92 Å². The van der Waals surface area contributed by atoms with Gasteiger partial charge in [0.2, 0.25) is 5.95 Å². The zero-order valence-electron chi connectivity index (χ0n) is 8.72. The van der Waals surface area contributed by atoms with Crippen molar-refractivity contribution in [2.75, 3.05) is 12.3 Å². The third-order valence-electron chi connectivity index (χ3n) is 1.94. The minimum atomic E-state index is 0.264. The standard InChI is InChI=1S/C10H11ClN4O/c1-2-16-10-13-9(12)15(14-10)8-5-3-4-7(11)6-8/h3-6H,2H2,1H3,(H2,12,13,14). The number of aromatic nitrogens is 3. The molecule has 0 radical (unpaired) electrons. The summed E-state index contributed by atoms with van der Waals surface area (Å²) >= 11 is 5.88. The van der Waals surface area contributed by atoms with Crippen LogP contribution >= 0.6 is 11.6 Å². The lowest BCUT2D eigenvalue weighted by molar-refractivity contribution is 0.312. The van der Waals surface area contributed by atoms with Gasteiger partial charge in [-0.25, -0.2) is 0 Å². The van der Waals surface area contributed by atoms with Gasteiger partial charge >= 0.3 is 6.01 Å². The number of halogens is 1. The Morgan fingerprint density at radius 2 is 2.31 bits per heavy atom. The van der Waals surface area contributed by atoms with Crippen molar-refractivity contribution in [1.82, 2.24) is 14.8 Å². The zero-order valence-corrected chi connectivity index (χ0v) is 9.48. The molecule has 0 atom stereocenters. The highest BCUT2D eigenvalue weighted by Crippen LogP contribution is 2.18. The summed E-state index contributed by atoms with van der Waals surface area (Å²) in [6.07, 6.45) is 0. The lowest BCUT2D eigenvalue weighted by Crippen LogP contribution is -2.02. The minimum absolute atomic E-state index is 0.264. The molecule has 84 valence electrons. The highest BCUT2D eigenvalue weighted by atomic mass is 35.5. The van der Waals surface area contributed by atoms with Crippen molar-refractivity contribution in [3.8, 4) is 11.7 Å². The number of ether oxygens (including phenoxy) is 1. The molecule has 1 aromatic carbocycles. The normalized spacial score (nSPS) is 10.4. The molecule has 1 heterocycles. The SMILES string of the molecule is CCOc1nc(N)n(-c2cccc(Cl)c2)n1. The fraction of sp³-hybridized carbons (Fsp3) is 0.200. The largest absolute Gasteiger partial charge is 0.463 e. The highest BCUT2D eigenvalue weighted by Gasteiger charge is 2.09. The Kier molecular flexibility index (Phi) is 2.96. The summed E-state index contributed by atoms with van der Waals surface area (Å²) < 4.78 is 6.65. The van der Waals surface area contributed by atoms with Gasteiger partial charge in [0.15, 0.2) is 0 Å². The van der Waals surface area contributed by atoms with Crippen molar-refractivity contribution >= 4 is 17.5 Å². The first-order valence-corrected chi connectivity index (χ1v) is 5.19. The van der Waals surface area contributed by atoms with Gasteiger partial charge in [0.05, 0.1) is 12.3 Å². The number of hydrogen-bond acceptors (Lipinski definition) is 4. The molecule has 5 nitrogen and oxygen atoms in total. The molecule has 16 heavy (non-hydrogen) atoms. The maximum absolute atomic E-state index is 5.88. The first kappa shape index (κ1) is 10.8. The van der Waals surface area contributed by atoms with Crippen LogP contribution in [-0.2, 0) is 0 Å². The first-order valence-electron chi connectivity index (χ1n) is 4.82. The van der Waals surface area contributed by atoms with Crippen LogP contribution in [0.2, 0.25) is 5.02 Å². The molecule has 0 aliphatic rings. The van der Waals surface area contributed by atoms with Crippen LogP contribution in [0, 0.1) is 0 Å². The summed E-state index contributed by atoms with van der Waals surface area (Å²) in [4.78, 5) is 3.97. The third kappa shape index (κ3) is 2.09. The van der Waals surface area contributed by atoms with E-state index in [0.717, 1.165) is 5.69 Å². The van der Waals surface area contributed by atoms with Gasteiger partial charge in [-0.15, -0.1) is 5.10 Å². The summed E-state index contributed by atoms with van der Waals surface area (Å²) in [7, 11) is 0. The summed E-state index contributed by atoms with van der Waals surface area (Å²) in [6, 6.07) is 7.45. The van der Waals surface area contributed by atoms with Crippen LogP contribution in [0.15, 0.2) is 24.3 Å². The van der Waals surface area contributed by atoms with Crippen molar-refractivity contribution in [2.24, 2.45) is 0 Å². The van der Waals surface area contributed by atoms with Crippen LogP contribution in [0.4, 0.5) is 5.95 Å². The van der Waals surface area contributed by atoms with Gasteiger partial charge in [-0.3, -0.25) is 0 Å². The second-order valence-electron chi connectivity index (χ2n) is 3.08. The molecule has 1 aromatic heterocycles. The van der Waals surface area contributed by atoms with Crippen molar-refractivity contribution in [3.63, 3.8) is 0 Å². The predicted octanol–water partition coefficient (Wildman–Crippen LogP) is 1.90. The Bertz CT molecular complexity index is 497. The molecule has 0 bridgehead atoms. The summed E-state index contributed by atoms with van der Waals surface area (Å²) in [5.41, 5.74) is 6.47. The molecule has 0 saturated heterocycles. The van der Waals surface area contributed by atoms with E-state index >= 15 is 0 Å². The Hall–Kier alpha value is -1.75. The lowest BCUT2D eigenvalue weighted by atomic mass is 10.3. The number of rotatable bonds is 3. The molecule has 0 spiro atoms. The average molecular weight is 239 g/mol. The van der Waals surface area contributed by atoms with E-state index in [1.165, 1.54) is 4.68 Å². The van der Waals surface area contributed by atoms with Gasteiger partial charge < -0.3 is 10.5 Å². The summed E-state index contributed by atoms with van der Waals surface area (Å²) in [5.74, 6) is 0.269. The van der Waals surface area contributed by atoms with Crippen LogP contribution in [-0.4, -0.2) is 21.4 Å². The number of nitrogen functional groups attached to an aromatic ring is 1. The number of anilines is 1. The van der Waals surface area contributed by atoms with Crippen molar-refractivity contribution in [3.05, 3.63) is 29.3 Å². The van der Waals surface area contributed by atoms with Crippen LogP contribution in [0.3, 0.4) is 0 Å². The second-order valence-corrected chi connectivity index (χ2v) is 3.51. The van der Waals surface area contributed by atoms with Gasteiger partial charge in [-0.2, -0.15) is 9.67 Å².